The van der Waals surface area contributed by atoms with Gasteiger partial charge in [0.1, 0.15) is 24.8 Å². The number of carbonyl (C=O) groups is 2. The number of fused-ring (bicyclic) bond motifs is 1. The van der Waals surface area contributed by atoms with Crippen molar-refractivity contribution >= 4 is 34.4 Å². The number of aliphatic carboxylic acids is 1. The van der Waals surface area contributed by atoms with Crippen molar-refractivity contribution in [3.63, 3.8) is 0 Å². The van der Waals surface area contributed by atoms with Crippen molar-refractivity contribution in [1.29, 1.82) is 0 Å². The van der Waals surface area contributed by atoms with Gasteiger partial charge in [0.25, 0.3) is 0 Å². The first kappa shape index (κ1) is 20.4. The largest absolute Gasteiger partial charge is 0.480 e. The molecule has 2 heterocycles. The third-order valence-electron chi connectivity index (χ3n) is 5.51. The van der Waals surface area contributed by atoms with E-state index in [2.05, 4.69) is 4.98 Å². The van der Waals surface area contributed by atoms with E-state index < -0.39 is 24.2 Å². The number of carboxylic acid groups (broad SMARTS) is 1. The molecule has 2 N–H and O–H groups in total. The second-order valence-electron chi connectivity index (χ2n) is 7.48. The van der Waals surface area contributed by atoms with Crippen LogP contribution in [0.1, 0.15) is 43.2 Å². The third kappa shape index (κ3) is 3.80. The monoisotopic (exact) mass is 426 g/mol. The fraction of sp³-hybridized carbons (Fsp3) is 0.304. The molecule has 0 spiro atoms. The Kier molecular flexibility index (Phi) is 5.79. The molecule has 30 heavy (non-hydrogen) atoms. The van der Waals surface area contributed by atoms with Crippen molar-refractivity contribution < 1.29 is 19.4 Å². The number of amides is 1. The van der Waals surface area contributed by atoms with Gasteiger partial charge in [-0.2, -0.15) is 0 Å². The van der Waals surface area contributed by atoms with Crippen LogP contribution in [0.25, 0.3) is 10.9 Å². The molecule has 1 aliphatic heterocycles. The predicted molar refractivity (Wildman–Crippen MR) is 114 cm³/mol. The van der Waals surface area contributed by atoms with Crippen LogP contribution in [0.3, 0.4) is 0 Å². The normalized spacial score (nSPS) is 20.5. The van der Waals surface area contributed by atoms with E-state index in [1.807, 2.05) is 49.4 Å². The summed E-state index contributed by atoms with van der Waals surface area (Å²) in [6.07, 6.45) is 0.490. The van der Waals surface area contributed by atoms with Crippen molar-refractivity contribution in [1.82, 2.24) is 9.88 Å². The van der Waals surface area contributed by atoms with Gasteiger partial charge in [0.05, 0.1) is 0 Å². The SMILES string of the molecule is CCCC(C(=O)O)N1C(=O)CO[C@H](c2ccc(Cl)cc2)[C@@H]1c1cc2ccccc2[nH]1. The molecule has 3 atom stereocenters. The molecule has 1 saturated heterocycles. The fourth-order valence-corrected chi connectivity index (χ4v) is 4.28. The summed E-state index contributed by atoms with van der Waals surface area (Å²) < 4.78 is 5.97. The zero-order valence-corrected chi connectivity index (χ0v) is 17.3. The summed E-state index contributed by atoms with van der Waals surface area (Å²) in [5.41, 5.74) is 2.50. The van der Waals surface area contributed by atoms with Crippen molar-refractivity contribution in [3.05, 3.63) is 70.9 Å². The van der Waals surface area contributed by atoms with Crippen molar-refractivity contribution in [2.24, 2.45) is 0 Å². The molecule has 3 aromatic rings. The number of para-hydroxylation sites is 1. The minimum Gasteiger partial charge on any atom is -0.480 e. The number of carboxylic acids is 1. The topological polar surface area (TPSA) is 82.6 Å². The van der Waals surface area contributed by atoms with Gasteiger partial charge in [-0.25, -0.2) is 4.79 Å². The average molecular weight is 427 g/mol. The Morgan fingerprint density at radius 1 is 1.27 bits per heavy atom. The highest BCUT2D eigenvalue weighted by atomic mass is 35.5. The number of hydrogen-bond acceptors (Lipinski definition) is 3. The molecular weight excluding hydrogens is 404 g/mol. The number of aromatic amines is 1. The lowest BCUT2D eigenvalue weighted by Crippen LogP contribution is -2.53. The number of benzene rings is 2. The summed E-state index contributed by atoms with van der Waals surface area (Å²) in [6, 6.07) is 15.5. The Labute approximate surface area is 179 Å². The maximum absolute atomic E-state index is 12.9. The minimum absolute atomic E-state index is 0.169. The van der Waals surface area contributed by atoms with Gasteiger partial charge in [-0.3, -0.25) is 4.79 Å². The summed E-state index contributed by atoms with van der Waals surface area (Å²) >= 11 is 6.05. The highest BCUT2D eigenvalue weighted by molar-refractivity contribution is 6.30. The van der Waals surface area contributed by atoms with Crippen LogP contribution in [0.5, 0.6) is 0 Å². The number of rotatable bonds is 6. The molecule has 7 heteroatoms. The highest BCUT2D eigenvalue weighted by Crippen LogP contribution is 2.42. The third-order valence-corrected chi connectivity index (χ3v) is 5.76. The zero-order valence-electron chi connectivity index (χ0n) is 16.5. The lowest BCUT2D eigenvalue weighted by Gasteiger charge is -2.43. The van der Waals surface area contributed by atoms with Gasteiger partial charge in [0.15, 0.2) is 0 Å². The number of halogens is 1. The van der Waals surface area contributed by atoms with Crippen LogP contribution in [-0.4, -0.2) is 39.5 Å². The van der Waals surface area contributed by atoms with Crippen molar-refractivity contribution in [2.75, 3.05) is 6.61 Å². The van der Waals surface area contributed by atoms with Gasteiger partial charge in [0, 0.05) is 16.2 Å². The van der Waals surface area contributed by atoms with Gasteiger partial charge in [0.2, 0.25) is 5.91 Å². The Balaban J connectivity index is 1.86. The van der Waals surface area contributed by atoms with Crippen LogP contribution in [0, 0.1) is 0 Å². The number of nitrogens with one attached hydrogen (secondary N) is 1. The van der Waals surface area contributed by atoms with Crippen LogP contribution in [0.4, 0.5) is 0 Å². The average Bonchev–Trinajstić information content (AvgIpc) is 3.16. The molecule has 1 amide bonds. The van der Waals surface area contributed by atoms with Crippen LogP contribution < -0.4 is 0 Å². The first-order chi connectivity index (χ1) is 14.5. The molecule has 0 aliphatic carbocycles. The van der Waals surface area contributed by atoms with E-state index >= 15 is 0 Å². The van der Waals surface area contributed by atoms with Crippen LogP contribution in [-0.2, 0) is 14.3 Å². The molecule has 1 unspecified atom stereocenters. The number of ether oxygens (including phenoxy) is 1. The number of H-pyrrole nitrogens is 1. The first-order valence-electron chi connectivity index (χ1n) is 9.98. The van der Waals surface area contributed by atoms with Crippen LogP contribution in [0.2, 0.25) is 5.02 Å². The lowest BCUT2D eigenvalue weighted by atomic mass is 9.93. The quantitative estimate of drug-likeness (QED) is 0.597. The minimum atomic E-state index is -1.01. The Morgan fingerprint density at radius 3 is 2.67 bits per heavy atom. The maximum Gasteiger partial charge on any atom is 0.326 e. The maximum atomic E-state index is 12.9. The summed E-state index contributed by atoms with van der Waals surface area (Å²) in [5.74, 6) is -1.34. The Hall–Kier alpha value is -2.83. The van der Waals surface area contributed by atoms with Gasteiger partial charge in [-0.15, -0.1) is 0 Å². The molecule has 0 radical (unpaired) electrons. The molecule has 4 rings (SSSR count). The molecule has 6 nitrogen and oxygen atoms in total. The Bertz CT molecular complexity index is 1030. The summed E-state index contributed by atoms with van der Waals surface area (Å²) in [6.45, 7) is 1.74. The van der Waals surface area contributed by atoms with Gasteiger partial charge in [-0.1, -0.05) is 55.3 Å². The number of carbonyl (C=O) groups excluding carboxylic acids is 1. The molecule has 0 saturated carbocycles. The molecule has 0 bridgehead atoms. The fourth-order valence-electron chi connectivity index (χ4n) is 4.15. The number of hydrogen-bond donors (Lipinski definition) is 2. The second kappa shape index (κ2) is 8.50. The molecule has 156 valence electrons. The Morgan fingerprint density at radius 2 is 2.00 bits per heavy atom. The van der Waals surface area contributed by atoms with E-state index in [0.717, 1.165) is 22.2 Å². The van der Waals surface area contributed by atoms with E-state index in [-0.39, 0.29) is 12.5 Å². The number of morpholine rings is 1. The molecule has 1 fully saturated rings. The van der Waals surface area contributed by atoms with E-state index in [1.165, 1.54) is 4.90 Å². The van der Waals surface area contributed by atoms with Crippen molar-refractivity contribution in [3.8, 4) is 0 Å². The lowest BCUT2D eigenvalue weighted by molar-refractivity contribution is -0.172. The van der Waals surface area contributed by atoms with Crippen LogP contribution in [0.15, 0.2) is 54.6 Å². The summed E-state index contributed by atoms with van der Waals surface area (Å²) in [4.78, 5) is 29.9. The van der Waals surface area contributed by atoms with E-state index in [9.17, 15) is 14.7 Å². The summed E-state index contributed by atoms with van der Waals surface area (Å²) in [5, 5.41) is 11.5. The zero-order chi connectivity index (χ0) is 21.3. The predicted octanol–water partition coefficient (Wildman–Crippen LogP) is 4.72. The van der Waals surface area contributed by atoms with E-state index in [1.54, 1.807) is 12.1 Å². The molecule has 1 aromatic heterocycles. The van der Waals surface area contributed by atoms with Gasteiger partial charge < -0.3 is 19.7 Å². The first-order valence-corrected chi connectivity index (χ1v) is 10.4. The molecule has 2 aromatic carbocycles. The molecule has 1 aliphatic rings. The highest BCUT2D eigenvalue weighted by Gasteiger charge is 2.44. The molecular formula is C23H23ClN2O4. The van der Waals surface area contributed by atoms with Gasteiger partial charge >= 0.3 is 5.97 Å². The number of nitrogens with zero attached hydrogens (tertiary/aromatic N) is 1. The smallest absolute Gasteiger partial charge is 0.326 e. The van der Waals surface area contributed by atoms with Crippen molar-refractivity contribution in [2.45, 2.75) is 38.0 Å². The van der Waals surface area contributed by atoms with Crippen LogP contribution >= 0.6 is 11.6 Å². The summed E-state index contributed by atoms with van der Waals surface area (Å²) in [7, 11) is 0. The van der Waals surface area contributed by atoms with E-state index in [4.69, 9.17) is 16.3 Å². The number of aromatic nitrogens is 1. The standard InChI is InChI=1S/C23H23ClN2O4/c1-2-5-19(23(28)29)26-20(27)13-30-22(14-8-10-16(24)11-9-14)21(26)18-12-15-6-3-4-7-17(15)25-18/h3-4,6-12,19,21-22,25H,2,5,13H2,1H3,(H,28,29)/t19?,21-,22+/m0/s1. The second-order valence-corrected chi connectivity index (χ2v) is 7.92. The van der Waals surface area contributed by atoms with Gasteiger partial charge in [-0.05, 0) is 41.6 Å². The van der Waals surface area contributed by atoms with E-state index in [0.29, 0.717) is 17.9 Å².